The first-order valence-electron chi connectivity index (χ1n) is 14.3. The highest BCUT2D eigenvalue weighted by Crippen LogP contribution is 2.65. The van der Waals surface area contributed by atoms with Gasteiger partial charge in [-0.3, -0.25) is 4.79 Å². The molecule has 0 radical (unpaired) electrons. The summed E-state index contributed by atoms with van der Waals surface area (Å²) >= 11 is 0. The van der Waals surface area contributed by atoms with Gasteiger partial charge >= 0.3 is 11.9 Å². The lowest BCUT2D eigenvalue weighted by atomic mass is 9.50. The minimum atomic E-state index is -1.25. The summed E-state index contributed by atoms with van der Waals surface area (Å²) in [6.45, 7) is 7.52. The largest absolute Gasteiger partial charge is 0.493 e. The van der Waals surface area contributed by atoms with Gasteiger partial charge in [-0.1, -0.05) is 19.9 Å². The van der Waals surface area contributed by atoms with E-state index in [4.69, 9.17) is 24.7 Å². The molecule has 4 N–H and O–H groups in total. The van der Waals surface area contributed by atoms with E-state index in [-0.39, 0.29) is 24.1 Å². The predicted molar refractivity (Wildman–Crippen MR) is 148 cm³/mol. The molecule has 5 rings (SSSR count). The standard InChI is InChI=1S/C30H41N3O8/c1-15(2)13-19(31)26(34)32-16(3)27(35)39-17(4)28(36)40-21-9-10-30(37)22-14-18-7-8-20(38-6)24-23(18)29(30,25(21)41-24)11-12-33(22)5/h7-9,15-17,19,22,25,37H,10-14,31H2,1-6H3,(H,32,34)/t16-,17-,19-,22?,25-,29-,30-/m0/s1. The molecule has 2 heterocycles. The van der Waals surface area contributed by atoms with E-state index in [0.29, 0.717) is 30.8 Å². The molecule has 0 saturated carbocycles. The first kappa shape index (κ1) is 29.3. The van der Waals surface area contributed by atoms with Gasteiger partial charge in [0.25, 0.3) is 0 Å². The van der Waals surface area contributed by atoms with Crippen molar-refractivity contribution < 1.29 is 38.4 Å². The van der Waals surface area contributed by atoms with Crippen LogP contribution in [-0.4, -0.2) is 84.5 Å². The molecule has 11 heteroatoms. The summed E-state index contributed by atoms with van der Waals surface area (Å²) < 4.78 is 23.3. The van der Waals surface area contributed by atoms with E-state index in [1.165, 1.54) is 13.8 Å². The van der Waals surface area contributed by atoms with E-state index in [9.17, 15) is 19.5 Å². The number of carbonyl (C=O) groups is 3. The summed E-state index contributed by atoms with van der Waals surface area (Å²) in [5.74, 6) is -0.407. The summed E-state index contributed by atoms with van der Waals surface area (Å²) in [6.07, 6.45) is 1.72. The van der Waals surface area contributed by atoms with Crippen LogP contribution in [0.3, 0.4) is 0 Å². The molecule has 1 unspecified atom stereocenters. The van der Waals surface area contributed by atoms with Gasteiger partial charge < -0.3 is 40.0 Å². The van der Waals surface area contributed by atoms with Crippen LogP contribution in [0.15, 0.2) is 24.0 Å². The molecule has 2 aliphatic heterocycles. The van der Waals surface area contributed by atoms with Crippen molar-refractivity contribution in [3.8, 4) is 11.5 Å². The number of nitrogens with one attached hydrogen (secondary N) is 1. The fraction of sp³-hybridized carbons (Fsp3) is 0.633. The second kappa shape index (κ2) is 10.6. The minimum Gasteiger partial charge on any atom is -0.493 e. The van der Waals surface area contributed by atoms with Crippen LogP contribution in [0.1, 0.15) is 58.1 Å². The van der Waals surface area contributed by atoms with Crippen molar-refractivity contribution in [3.05, 3.63) is 35.1 Å². The maximum atomic E-state index is 13.2. The van der Waals surface area contributed by atoms with Crippen molar-refractivity contribution in [1.82, 2.24) is 10.2 Å². The zero-order valence-corrected chi connectivity index (χ0v) is 24.6. The molecule has 2 bridgehead atoms. The fourth-order valence-corrected chi connectivity index (χ4v) is 7.11. The van der Waals surface area contributed by atoms with Gasteiger partial charge in [0.2, 0.25) is 5.91 Å². The smallest absolute Gasteiger partial charge is 0.352 e. The number of carbonyl (C=O) groups excluding carboxylic acids is 3. The third-order valence-electron chi connectivity index (χ3n) is 9.18. The van der Waals surface area contributed by atoms with E-state index in [1.807, 2.05) is 33.0 Å². The number of piperidine rings is 1. The second-order valence-electron chi connectivity index (χ2n) is 12.3. The molecule has 2 aliphatic carbocycles. The van der Waals surface area contributed by atoms with Crippen LogP contribution in [0.2, 0.25) is 0 Å². The number of aliphatic hydroxyl groups is 1. The van der Waals surface area contributed by atoms with Crippen LogP contribution >= 0.6 is 0 Å². The quantitative estimate of drug-likeness (QED) is 0.371. The Labute approximate surface area is 240 Å². The second-order valence-corrected chi connectivity index (χ2v) is 12.3. The molecule has 0 aromatic heterocycles. The number of likely N-dealkylation sites (tertiary alicyclic amines) is 1. The Hall–Kier alpha value is -3.15. The highest BCUT2D eigenvalue weighted by molar-refractivity contribution is 5.88. The van der Waals surface area contributed by atoms with Crippen molar-refractivity contribution in [2.45, 2.75) is 94.7 Å². The summed E-state index contributed by atoms with van der Waals surface area (Å²) in [4.78, 5) is 40.3. The normalized spacial score (nSPS) is 29.8. The van der Waals surface area contributed by atoms with Crippen molar-refractivity contribution in [2.24, 2.45) is 11.7 Å². The number of esters is 2. The summed E-state index contributed by atoms with van der Waals surface area (Å²) in [6, 6.07) is 2.01. The topological polar surface area (TPSA) is 150 Å². The molecular weight excluding hydrogens is 530 g/mol. The molecule has 11 nitrogen and oxygen atoms in total. The lowest BCUT2D eigenvalue weighted by Crippen LogP contribution is -2.74. The van der Waals surface area contributed by atoms with Gasteiger partial charge in [-0.25, -0.2) is 9.59 Å². The number of nitrogens with two attached hydrogens (primary N) is 1. The highest BCUT2D eigenvalue weighted by Gasteiger charge is 2.72. The maximum absolute atomic E-state index is 13.2. The van der Waals surface area contributed by atoms with Crippen molar-refractivity contribution in [1.29, 1.82) is 0 Å². The molecule has 1 spiro atoms. The molecule has 1 aromatic carbocycles. The number of amides is 1. The number of rotatable bonds is 9. The number of nitrogens with zero attached hydrogens (tertiary/aromatic N) is 1. The van der Waals surface area contributed by atoms with Gasteiger partial charge in [-0.15, -0.1) is 0 Å². The minimum absolute atomic E-state index is 0.132. The predicted octanol–water partition coefficient (Wildman–Crippen LogP) is 1.33. The van der Waals surface area contributed by atoms with Gasteiger partial charge in [-0.05, 0) is 70.3 Å². The molecule has 1 aromatic rings. The van der Waals surface area contributed by atoms with Crippen LogP contribution < -0.4 is 20.5 Å². The molecule has 4 aliphatic rings. The van der Waals surface area contributed by atoms with E-state index < -0.39 is 53.2 Å². The van der Waals surface area contributed by atoms with Gasteiger partial charge in [0.05, 0.1) is 24.2 Å². The lowest BCUT2D eigenvalue weighted by Gasteiger charge is -2.61. The molecule has 1 amide bonds. The monoisotopic (exact) mass is 571 g/mol. The number of hydrogen-bond donors (Lipinski definition) is 3. The van der Waals surface area contributed by atoms with Crippen LogP contribution in [-0.2, 0) is 35.7 Å². The van der Waals surface area contributed by atoms with E-state index in [1.54, 1.807) is 13.2 Å². The zero-order valence-electron chi connectivity index (χ0n) is 24.6. The van der Waals surface area contributed by atoms with E-state index in [0.717, 1.165) is 17.7 Å². The molecule has 7 atom stereocenters. The van der Waals surface area contributed by atoms with Gasteiger partial charge in [0.15, 0.2) is 23.7 Å². The summed E-state index contributed by atoms with van der Waals surface area (Å²) in [5, 5.41) is 14.8. The maximum Gasteiger partial charge on any atom is 0.352 e. The van der Waals surface area contributed by atoms with Crippen LogP contribution in [0.4, 0.5) is 0 Å². The van der Waals surface area contributed by atoms with E-state index in [2.05, 4.69) is 10.2 Å². The molecule has 1 fully saturated rings. The van der Waals surface area contributed by atoms with E-state index >= 15 is 0 Å². The number of ether oxygens (including phenoxy) is 4. The van der Waals surface area contributed by atoms with Crippen molar-refractivity contribution in [3.63, 3.8) is 0 Å². The van der Waals surface area contributed by atoms with Crippen LogP contribution in [0.5, 0.6) is 11.5 Å². The number of hydrogen-bond acceptors (Lipinski definition) is 10. The Morgan fingerprint density at radius 3 is 2.63 bits per heavy atom. The fourth-order valence-electron chi connectivity index (χ4n) is 7.11. The van der Waals surface area contributed by atoms with Crippen LogP contribution in [0, 0.1) is 5.92 Å². The molecular formula is C30H41N3O8. The first-order chi connectivity index (χ1) is 19.3. The Kier molecular flexibility index (Phi) is 7.59. The number of methoxy groups -OCH3 is 1. The number of likely N-dealkylation sites (N-methyl/N-ethyl adjacent to an activating group) is 1. The summed E-state index contributed by atoms with van der Waals surface area (Å²) in [5.41, 5.74) is 5.96. The lowest BCUT2D eigenvalue weighted by molar-refractivity contribution is -0.176. The van der Waals surface area contributed by atoms with Gasteiger partial charge in [0, 0.05) is 18.0 Å². The van der Waals surface area contributed by atoms with Crippen LogP contribution in [0.25, 0.3) is 0 Å². The molecule has 1 saturated heterocycles. The van der Waals surface area contributed by atoms with Gasteiger partial charge in [-0.2, -0.15) is 0 Å². The highest BCUT2D eigenvalue weighted by atomic mass is 16.6. The third kappa shape index (κ3) is 4.58. The molecule has 41 heavy (non-hydrogen) atoms. The van der Waals surface area contributed by atoms with Crippen molar-refractivity contribution in [2.75, 3.05) is 20.7 Å². The SMILES string of the molecule is COc1ccc2c3c1O[C@H]1C(OC(=O)[C@H](C)OC(=O)[C@H](C)NC(=O)[C@@H](N)CC(C)C)=CC[C@]4(O)C(C2)N(C)CC[C@]314. The Balaban J connectivity index is 1.33. The zero-order chi connectivity index (χ0) is 29.9. The Morgan fingerprint density at radius 2 is 1.95 bits per heavy atom. The van der Waals surface area contributed by atoms with Crippen molar-refractivity contribution >= 4 is 17.8 Å². The Bertz CT molecular complexity index is 1280. The average molecular weight is 572 g/mol. The number of benzene rings is 1. The molecule has 224 valence electrons. The van der Waals surface area contributed by atoms with Gasteiger partial charge in [0.1, 0.15) is 11.8 Å². The third-order valence-corrected chi connectivity index (χ3v) is 9.18. The average Bonchev–Trinajstić information content (AvgIpc) is 3.27. The Morgan fingerprint density at radius 1 is 1.22 bits per heavy atom. The first-order valence-corrected chi connectivity index (χ1v) is 14.3. The summed E-state index contributed by atoms with van der Waals surface area (Å²) in [7, 11) is 3.59.